The van der Waals surface area contributed by atoms with Crippen molar-refractivity contribution in [2.45, 2.75) is 18.6 Å². The maximum absolute atomic E-state index is 12.5. The summed E-state index contributed by atoms with van der Waals surface area (Å²) in [6, 6.07) is 5.58. The van der Waals surface area contributed by atoms with Crippen molar-refractivity contribution in [1.82, 2.24) is 5.32 Å². The van der Waals surface area contributed by atoms with Crippen LogP contribution in [0.1, 0.15) is 5.56 Å². The van der Waals surface area contributed by atoms with Crippen molar-refractivity contribution in [1.29, 1.82) is 0 Å². The fraction of sp³-hybridized carbons (Fsp3) is 0.333. The number of ether oxygens (including phenoxy) is 1. The highest BCUT2D eigenvalue weighted by molar-refractivity contribution is 5.86. The van der Waals surface area contributed by atoms with Crippen LogP contribution < -0.4 is 5.32 Å². The number of nitrogens with one attached hydrogen (secondary N) is 1. The molecule has 1 amide bonds. The zero-order valence-electron chi connectivity index (χ0n) is 10.0. The van der Waals surface area contributed by atoms with E-state index in [1.165, 1.54) is 0 Å². The van der Waals surface area contributed by atoms with Gasteiger partial charge in [0.25, 0.3) is 0 Å². The molecule has 0 unspecified atom stereocenters. The van der Waals surface area contributed by atoms with E-state index >= 15 is 0 Å². The Labute approximate surface area is 107 Å². The molecule has 1 atom stereocenters. The lowest BCUT2D eigenvalue weighted by Gasteiger charge is -2.19. The molecule has 0 spiro atoms. The lowest BCUT2D eigenvalue weighted by atomic mass is 10.1. The zero-order chi connectivity index (χ0) is 14.5. The van der Waals surface area contributed by atoms with Gasteiger partial charge in [-0.15, -0.1) is 0 Å². The summed E-state index contributed by atoms with van der Waals surface area (Å²) in [5, 5.41) is 1.62. The van der Waals surface area contributed by atoms with Crippen molar-refractivity contribution in [2.75, 3.05) is 7.11 Å². The summed E-state index contributed by atoms with van der Waals surface area (Å²) < 4.78 is 41.6. The van der Waals surface area contributed by atoms with Gasteiger partial charge in [0.05, 0.1) is 13.5 Å². The molecular formula is C12H12F3NO3. The van der Waals surface area contributed by atoms with E-state index in [1.807, 2.05) is 0 Å². The van der Waals surface area contributed by atoms with Crippen LogP contribution in [0.15, 0.2) is 30.3 Å². The molecule has 0 aliphatic carbocycles. The average Bonchev–Trinajstić information content (AvgIpc) is 2.35. The summed E-state index contributed by atoms with van der Waals surface area (Å²) >= 11 is 0. The second-order valence-corrected chi connectivity index (χ2v) is 3.73. The highest BCUT2D eigenvalue weighted by Gasteiger charge is 2.46. The second-order valence-electron chi connectivity index (χ2n) is 3.73. The van der Waals surface area contributed by atoms with E-state index in [0.717, 1.165) is 7.11 Å². The molecule has 0 saturated carbocycles. The second kappa shape index (κ2) is 6.21. The monoisotopic (exact) mass is 275 g/mol. The lowest BCUT2D eigenvalue weighted by Crippen LogP contribution is -2.51. The van der Waals surface area contributed by atoms with Gasteiger partial charge in [-0.1, -0.05) is 30.3 Å². The predicted octanol–water partition coefficient (Wildman–Crippen LogP) is 1.45. The molecule has 0 saturated heterocycles. The molecule has 0 aromatic heterocycles. The Hall–Kier alpha value is -2.05. The first-order valence-corrected chi connectivity index (χ1v) is 5.32. The van der Waals surface area contributed by atoms with Crippen LogP contribution in [0.3, 0.4) is 0 Å². The number of hydrogen-bond donors (Lipinski definition) is 1. The van der Waals surface area contributed by atoms with Crippen molar-refractivity contribution in [2.24, 2.45) is 0 Å². The first-order valence-electron chi connectivity index (χ1n) is 5.32. The zero-order valence-corrected chi connectivity index (χ0v) is 10.0. The number of carbonyl (C=O) groups excluding carboxylic acids is 2. The quantitative estimate of drug-likeness (QED) is 0.846. The van der Waals surface area contributed by atoms with Gasteiger partial charge in [0.1, 0.15) is 0 Å². The third-order valence-corrected chi connectivity index (χ3v) is 2.28. The van der Waals surface area contributed by atoms with Gasteiger partial charge in [0.2, 0.25) is 11.9 Å². The fourth-order valence-electron chi connectivity index (χ4n) is 1.39. The van der Waals surface area contributed by atoms with Crippen molar-refractivity contribution in [3.05, 3.63) is 35.9 Å². The molecule has 0 heterocycles. The number of carbonyl (C=O) groups is 2. The average molecular weight is 275 g/mol. The summed E-state index contributed by atoms with van der Waals surface area (Å²) in [7, 11) is 0.824. The normalized spacial score (nSPS) is 12.6. The molecule has 4 nitrogen and oxygen atoms in total. The Morgan fingerprint density at radius 1 is 1.26 bits per heavy atom. The summed E-state index contributed by atoms with van der Waals surface area (Å²) in [5.41, 5.74) is 0.547. The van der Waals surface area contributed by atoms with Crippen LogP contribution >= 0.6 is 0 Å². The Kier molecular flexibility index (Phi) is 4.91. The standard InChI is InChI=1S/C12H12F3NO3/c1-19-11(18)10(12(13,14)15)16-9(17)7-8-5-3-2-4-6-8/h2-6,10H,7H2,1H3,(H,16,17)/t10-/m0/s1. The van der Waals surface area contributed by atoms with Crippen LogP contribution in [-0.4, -0.2) is 31.2 Å². The predicted molar refractivity (Wildman–Crippen MR) is 60.1 cm³/mol. The molecule has 1 N–H and O–H groups in total. The smallest absolute Gasteiger partial charge is 0.419 e. The minimum Gasteiger partial charge on any atom is -0.467 e. The molecule has 0 aliphatic rings. The maximum Gasteiger partial charge on any atom is 0.419 e. The lowest BCUT2D eigenvalue weighted by molar-refractivity contribution is -0.184. The minimum absolute atomic E-state index is 0.246. The van der Waals surface area contributed by atoms with E-state index in [9.17, 15) is 22.8 Å². The summed E-state index contributed by atoms with van der Waals surface area (Å²) in [5.74, 6) is -2.45. The molecule has 7 heteroatoms. The number of amides is 1. The molecule has 1 aromatic rings. The Balaban J connectivity index is 2.70. The number of halogens is 3. The largest absolute Gasteiger partial charge is 0.467 e. The molecule has 0 aliphatic heterocycles. The van der Waals surface area contributed by atoms with Gasteiger partial charge < -0.3 is 10.1 Å². The molecule has 0 bridgehead atoms. The van der Waals surface area contributed by atoms with Crippen molar-refractivity contribution >= 4 is 11.9 Å². The Bertz CT molecular complexity index is 445. The summed E-state index contributed by atoms with van der Waals surface area (Å²) in [6.45, 7) is 0. The number of alkyl halides is 3. The van der Waals surface area contributed by atoms with Gasteiger partial charge in [0.15, 0.2) is 0 Å². The van der Waals surface area contributed by atoms with Gasteiger partial charge in [0, 0.05) is 0 Å². The SMILES string of the molecule is COC(=O)[C@H](NC(=O)Cc1ccccc1)C(F)(F)F. The summed E-state index contributed by atoms with van der Waals surface area (Å²) in [6.07, 6.45) is -5.14. The van der Waals surface area contributed by atoms with Crippen LogP contribution in [0, 0.1) is 0 Å². The molecular weight excluding hydrogens is 263 g/mol. The van der Waals surface area contributed by atoms with Gasteiger partial charge in [-0.3, -0.25) is 4.79 Å². The molecule has 0 fully saturated rings. The van der Waals surface area contributed by atoms with Gasteiger partial charge >= 0.3 is 12.1 Å². The van der Waals surface area contributed by atoms with Crippen LogP contribution in [0.25, 0.3) is 0 Å². The van der Waals surface area contributed by atoms with Crippen molar-refractivity contribution in [3.8, 4) is 0 Å². The third-order valence-electron chi connectivity index (χ3n) is 2.28. The molecule has 19 heavy (non-hydrogen) atoms. The fourth-order valence-corrected chi connectivity index (χ4v) is 1.39. The summed E-state index contributed by atoms with van der Waals surface area (Å²) in [4.78, 5) is 22.5. The van der Waals surface area contributed by atoms with E-state index in [1.54, 1.807) is 35.6 Å². The van der Waals surface area contributed by atoms with Crippen LogP contribution in [0.2, 0.25) is 0 Å². The molecule has 1 aromatic carbocycles. The van der Waals surface area contributed by atoms with Crippen LogP contribution in [0.5, 0.6) is 0 Å². The molecule has 104 valence electrons. The van der Waals surface area contributed by atoms with Crippen LogP contribution in [0.4, 0.5) is 13.2 Å². The minimum atomic E-state index is -4.89. The molecule has 1 rings (SSSR count). The number of methoxy groups -OCH3 is 1. The van der Waals surface area contributed by atoms with Gasteiger partial charge in [-0.2, -0.15) is 13.2 Å². The van der Waals surface area contributed by atoms with Gasteiger partial charge in [-0.05, 0) is 5.56 Å². The molecule has 0 radical (unpaired) electrons. The Morgan fingerprint density at radius 3 is 2.32 bits per heavy atom. The number of rotatable bonds is 4. The maximum atomic E-state index is 12.5. The highest BCUT2D eigenvalue weighted by Crippen LogP contribution is 2.21. The Morgan fingerprint density at radius 2 is 1.84 bits per heavy atom. The first kappa shape index (κ1) is 15.0. The van der Waals surface area contributed by atoms with E-state index < -0.39 is 24.1 Å². The number of esters is 1. The number of benzene rings is 1. The van der Waals surface area contributed by atoms with Crippen molar-refractivity contribution in [3.63, 3.8) is 0 Å². The van der Waals surface area contributed by atoms with E-state index in [4.69, 9.17) is 0 Å². The van der Waals surface area contributed by atoms with E-state index in [0.29, 0.717) is 5.56 Å². The van der Waals surface area contributed by atoms with Gasteiger partial charge in [-0.25, -0.2) is 4.79 Å². The van der Waals surface area contributed by atoms with Crippen molar-refractivity contribution < 1.29 is 27.5 Å². The number of hydrogen-bond acceptors (Lipinski definition) is 3. The first-order chi connectivity index (χ1) is 8.84. The topological polar surface area (TPSA) is 55.4 Å². The highest BCUT2D eigenvalue weighted by atomic mass is 19.4. The van der Waals surface area contributed by atoms with E-state index in [2.05, 4.69) is 4.74 Å². The van der Waals surface area contributed by atoms with Crippen LogP contribution in [-0.2, 0) is 20.7 Å². The third kappa shape index (κ3) is 4.61. The van der Waals surface area contributed by atoms with E-state index in [-0.39, 0.29) is 6.42 Å².